The van der Waals surface area contributed by atoms with Crippen LogP contribution in [0.4, 0.5) is 5.69 Å². The maximum Gasteiger partial charge on any atom is 0.134 e. The number of anilines is 1. The van der Waals surface area contributed by atoms with Crippen molar-refractivity contribution in [1.82, 2.24) is 4.90 Å². The quantitative estimate of drug-likeness (QED) is 0.373. The molecular formula is C26H35ClN2O2. The van der Waals surface area contributed by atoms with Gasteiger partial charge in [0.1, 0.15) is 12.0 Å². The molecule has 1 atom stereocenters. The number of allylic oxidation sites excluding steroid dienone is 5. The minimum Gasteiger partial charge on any atom is -0.497 e. The standard InChI is InChI=1S/C26H35ClN2O2/c1-4-5-15-31-26-16-21(20(2)3)9-10-22(25(26)19-30)18-28-11-13-29(14-12-28)24-8-6-7-23(27)17-24/h6-10,16-17,19-20,25H,4-5,11-15,18H2,1-3H3. The molecule has 0 spiro atoms. The lowest BCUT2D eigenvalue weighted by atomic mass is 9.97. The van der Waals surface area contributed by atoms with Crippen LogP contribution in [0.3, 0.4) is 0 Å². The molecule has 1 fully saturated rings. The van der Waals surface area contributed by atoms with Gasteiger partial charge in [-0.3, -0.25) is 4.90 Å². The van der Waals surface area contributed by atoms with Crippen LogP contribution in [0.5, 0.6) is 0 Å². The Balaban J connectivity index is 1.69. The van der Waals surface area contributed by atoms with Crippen molar-refractivity contribution in [3.05, 3.63) is 64.4 Å². The fourth-order valence-electron chi connectivity index (χ4n) is 4.02. The van der Waals surface area contributed by atoms with Gasteiger partial charge in [0, 0.05) is 43.4 Å². The predicted molar refractivity (Wildman–Crippen MR) is 130 cm³/mol. The van der Waals surface area contributed by atoms with Crippen molar-refractivity contribution in [2.45, 2.75) is 33.6 Å². The normalized spacial score (nSPS) is 20.1. The zero-order valence-electron chi connectivity index (χ0n) is 19.0. The number of carbonyl (C=O) groups excluding carboxylic acids is 1. The molecule has 0 N–H and O–H groups in total. The summed E-state index contributed by atoms with van der Waals surface area (Å²) in [6.07, 6.45) is 9.50. The van der Waals surface area contributed by atoms with Gasteiger partial charge in [-0.05, 0) is 47.8 Å². The molecule has 1 aromatic rings. The molecule has 168 valence electrons. The van der Waals surface area contributed by atoms with Crippen molar-refractivity contribution in [3.8, 4) is 0 Å². The average molecular weight is 443 g/mol. The molecule has 31 heavy (non-hydrogen) atoms. The first-order valence-electron chi connectivity index (χ1n) is 11.4. The first kappa shape index (κ1) is 23.6. The Bertz CT molecular complexity index is 836. The summed E-state index contributed by atoms with van der Waals surface area (Å²) >= 11 is 6.16. The Morgan fingerprint density at radius 3 is 2.61 bits per heavy atom. The fourth-order valence-corrected chi connectivity index (χ4v) is 4.20. The lowest BCUT2D eigenvalue weighted by Crippen LogP contribution is -2.47. The molecule has 0 saturated carbocycles. The molecular weight excluding hydrogens is 408 g/mol. The third-order valence-electron chi connectivity index (χ3n) is 6.03. The number of benzene rings is 1. The highest BCUT2D eigenvalue weighted by molar-refractivity contribution is 6.30. The molecule has 5 heteroatoms. The van der Waals surface area contributed by atoms with Crippen molar-refractivity contribution >= 4 is 23.6 Å². The van der Waals surface area contributed by atoms with Crippen molar-refractivity contribution in [2.24, 2.45) is 11.8 Å². The van der Waals surface area contributed by atoms with Crippen LogP contribution < -0.4 is 4.90 Å². The molecule has 1 aliphatic carbocycles. The minimum absolute atomic E-state index is 0.310. The minimum atomic E-state index is -0.310. The summed E-state index contributed by atoms with van der Waals surface area (Å²) < 4.78 is 6.10. The fraction of sp³-hybridized carbons (Fsp3) is 0.500. The van der Waals surface area contributed by atoms with Gasteiger partial charge in [-0.2, -0.15) is 0 Å². The number of rotatable bonds is 9. The first-order chi connectivity index (χ1) is 15.0. The van der Waals surface area contributed by atoms with Gasteiger partial charge >= 0.3 is 0 Å². The van der Waals surface area contributed by atoms with Crippen molar-refractivity contribution in [3.63, 3.8) is 0 Å². The molecule has 1 aliphatic heterocycles. The maximum atomic E-state index is 12.1. The number of halogens is 1. The van der Waals surface area contributed by atoms with E-state index in [-0.39, 0.29) is 5.92 Å². The van der Waals surface area contributed by atoms with Crippen LogP contribution in [0.1, 0.15) is 33.6 Å². The van der Waals surface area contributed by atoms with Gasteiger partial charge in [0.25, 0.3) is 0 Å². The summed E-state index contributed by atoms with van der Waals surface area (Å²) in [7, 11) is 0. The summed E-state index contributed by atoms with van der Waals surface area (Å²) in [5.74, 6) is 0.869. The van der Waals surface area contributed by atoms with Crippen LogP contribution in [0.25, 0.3) is 0 Å². The number of carbonyl (C=O) groups is 1. The molecule has 1 unspecified atom stereocenters. The molecule has 4 nitrogen and oxygen atoms in total. The van der Waals surface area contributed by atoms with E-state index in [0.717, 1.165) is 68.2 Å². The number of aldehydes is 1. The average Bonchev–Trinajstić information content (AvgIpc) is 2.93. The van der Waals surface area contributed by atoms with Crippen LogP contribution >= 0.6 is 11.6 Å². The molecule has 0 aromatic heterocycles. The van der Waals surface area contributed by atoms with Crippen molar-refractivity contribution < 1.29 is 9.53 Å². The van der Waals surface area contributed by atoms with E-state index in [1.165, 1.54) is 11.3 Å². The Morgan fingerprint density at radius 2 is 1.97 bits per heavy atom. The summed E-state index contributed by atoms with van der Waals surface area (Å²) in [5, 5.41) is 0.771. The summed E-state index contributed by atoms with van der Waals surface area (Å²) in [6.45, 7) is 11.7. The van der Waals surface area contributed by atoms with Gasteiger partial charge in [-0.15, -0.1) is 0 Å². The lowest BCUT2D eigenvalue weighted by molar-refractivity contribution is -0.110. The number of unbranched alkanes of at least 4 members (excludes halogenated alkanes) is 1. The number of hydrogen-bond acceptors (Lipinski definition) is 4. The summed E-state index contributed by atoms with van der Waals surface area (Å²) in [5.41, 5.74) is 3.49. The van der Waals surface area contributed by atoms with E-state index in [1.54, 1.807) is 0 Å². The van der Waals surface area contributed by atoms with E-state index in [1.807, 2.05) is 18.2 Å². The van der Waals surface area contributed by atoms with Crippen molar-refractivity contribution in [1.29, 1.82) is 0 Å². The highest BCUT2D eigenvalue weighted by Gasteiger charge is 2.26. The topological polar surface area (TPSA) is 32.8 Å². The largest absolute Gasteiger partial charge is 0.497 e. The number of piperazine rings is 1. The Hall–Kier alpha value is -2.04. The first-order valence-corrected chi connectivity index (χ1v) is 11.8. The van der Waals surface area contributed by atoms with E-state index >= 15 is 0 Å². The van der Waals surface area contributed by atoms with E-state index in [2.05, 4.69) is 54.9 Å². The van der Waals surface area contributed by atoms with Gasteiger partial charge in [0.15, 0.2) is 0 Å². The van der Waals surface area contributed by atoms with Gasteiger partial charge in [-0.1, -0.05) is 57.0 Å². The van der Waals surface area contributed by atoms with Gasteiger partial charge in [0.2, 0.25) is 0 Å². The monoisotopic (exact) mass is 442 g/mol. The molecule has 0 bridgehead atoms. The molecule has 0 radical (unpaired) electrons. The molecule has 1 aromatic carbocycles. The molecule has 2 aliphatic rings. The molecule has 1 saturated heterocycles. The Morgan fingerprint density at radius 1 is 1.19 bits per heavy atom. The number of nitrogens with zero attached hydrogens (tertiary/aromatic N) is 2. The third-order valence-corrected chi connectivity index (χ3v) is 6.26. The second-order valence-corrected chi connectivity index (χ2v) is 9.10. The van der Waals surface area contributed by atoms with E-state index in [0.29, 0.717) is 12.5 Å². The zero-order chi connectivity index (χ0) is 22.2. The lowest BCUT2D eigenvalue weighted by Gasteiger charge is -2.37. The van der Waals surface area contributed by atoms with E-state index in [9.17, 15) is 4.79 Å². The molecule has 3 rings (SSSR count). The zero-order valence-corrected chi connectivity index (χ0v) is 19.8. The predicted octanol–water partition coefficient (Wildman–Crippen LogP) is 5.50. The van der Waals surface area contributed by atoms with Gasteiger partial charge in [0.05, 0.1) is 12.5 Å². The summed E-state index contributed by atoms with van der Waals surface area (Å²) in [6, 6.07) is 8.04. The maximum absolute atomic E-state index is 12.1. The van der Waals surface area contributed by atoms with Crippen molar-refractivity contribution in [2.75, 3.05) is 44.2 Å². The Kier molecular flexibility index (Phi) is 8.79. The van der Waals surface area contributed by atoms with Crippen LogP contribution in [0, 0.1) is 11.8 Å². The number of hydrogen-bond donors (Lipinski definition) is 0. The second-order valence-electron chi connectivity index (χ2n) is 8.67. The van der Waals surface area contributed by atoms with E-state index < -0.39 is 0 Å². The second kappa shape index (κ2) is 11.5. The highest BCUT2D eigenvalue weighted by atomic mass is 35.5. The Labute approximate surface area is 192 Å². The van der Waals surface area contributed by atoms with Crippen LogP contribution in [0.15, 0.2) is 59.4 Å². The summed E-state index contributed by atoms with van der Waals surface area (Å²) in [4.78, 5) is 16.9. The smallest absolute Gasteiger partial charge is 0.134 e. The number of ether oxygens (including phenoxy) is 1. The van der Waals surface area contributed by atoms with Crippen LogP contribution in [0.2, 0.25) is 5.02 Å². The SMILES string of the molecule is CCCCOC1=CC(C(C)C)=CC=C(CN2CCN(c3cccc(Cl)c3)CC2)C1C=O. The third kappa shape index (κ3) is 6.47. The molecule has 1 heterocycles. The highest BCUT2D eigenvalue weighted by Crippen LogP contribution is 2.29. The van der Waals surface area contributed by atoms with Crippen LogP contribution in [-0.4, -0.2) is 50.5 Å². The van der Waals surface area contributed by atoms with E-state index in [4.69, 9.17) is 16.3 Å². The molecule has 0 amide bonds. The van der Waals surface area contributed by atoms with Gasteiger partial charge < -0.3 is 14.4 Å². The van der Waals surface area contributed by atoms with Gasteiger partial charge in [-0.25, -0.2) is 0 Å². The van der Waals surface area contributed by atoms with Crippen LogP contribution in [-0.2, 0) is 9.53 Å².